The highest BCUT2D eigenvalue weighted by molar-refractivity contribution is 5.66. The van der Waals surface area contributed by atoms with E-state index in [0.29, 0.717) is 12.8 Å². The number of carboxylic acid groups (broad SMARTS) is 1. The SMILES string of the molecule is [CH2]c1cccc(C#CCCCC(=O)O)c1. The van der Waals surface area contributed by atoms with Gasteiger partial charge in [0.15, 0.2) is 0 Å². The van der Waals surface area contributed by atoms with Crippen molar-refractivity contribution in [3.8, 4) is 11.8 Å². The third-order valence-corrected chi connectivity index (χ3v) is 1.85. The van der Waals surface area contributed by atoms with Gasteiger partial charge in [0.1, 0.15) is 0 Å². The second-order valence-corrected chi connectivity index (χ2v) is 3.25. The molecule has 0 amide bonds. The molecule has 0 saturated carbocycles. The van der Waals surface area contributed by atoms with Crippen molar-refractivity contribution in [2.24, 2.45) is 0 Å². The molecule has 0 aromatic heterocycles. The Balaban J connectivity index is 2.41. The van der Waals surface area contributed by atoms with Gasteiger partial charge in [-0.1, -0.05) is 24.0 Å². The average Bonchev–Trinajstić information content (AvgIpc) is 2.17. The van der Waals surface area contributed by atoms with Crippen LogP contribution in [-0.4, -0.2) is 11.1 Å². The maximum atomic E-state index is 10.2. The second kappa shape index (κ2) is 5.87. The van der Waals surface area contributed by atoms with E-state index in [4.69, 9.17) is 5.11 Å². The molecule has 1 aromatic rings. The first kappa shape index (κ1) is 11.3. The number of benzene rings is 1. The first-order valence-electron chi connectivity index (χ1n) is 4.81. The van der Waals surface area contributed by atoms with Crippen molar-refractivity contribution < 1.29 is 9.90 Å². The fraction of sp³-hybridized carbons (Fsp3) is 0.231. The van der Waals surface area contributed by atoms with Crippen LogP contribution in [0.1, 0.15) is 30.4 Å². The van der Waals surface area contributed by atoms with Gasteiger partial charge in [0, 0.05) is 18.4 Å². The summed E-state index contributed by atoms with van der Waals surface area (Å²) in [5.41, 5.74) is 1.87. The van der Waals surface area contributed by atoms with Crippen molar-refractivity contribution in [3.05, 3.63) is 42.3 Å². The zero-order valence-electron chi connectivity index (χ0n) is 8.49. The molecule has 15 heavy (non-hydrogen) atoms. The molecule has 0 spiro atoms. The summed E-state index contributed by atoms with van der Waals surface area (Å²) >= 11 is 0. The van der Waals surface area contributed by atoms with E-state index in [1.165, 1.54) is 0 Å². The molecule has 1 aromatic carbocycles. The fourth-order valence-electron chi connectivity index (χ4n) is 1.14. The molecule has 0 saturated heterocycles. The Morgan fingerprint density at radius 3 is 2.93 bits per heavy atom. The molecule has 2 nitrogen and oxygen atoms in total. The van der Waals surface area contributed by atoms with Crippen LogP contribution in [0.3, 0.4) is 0 Å². The van der Waals surface area contributed by atoms with Gasteiger partial charge in [0.25, 0.3) is 0 Å². The van der Waals surface area contributed by atoms with E-state index in [9.17, 15) is 4.79 Å². The molecular weight excluding hydrogens is 188 g/mol. The van der Waals surface area contributed by atoms with Crippen molar-refractivity contribution in [3.63, 3.8) is 0 Å². The number of hydrogen-bond acceptors (Lipinski definition) is 1. The highest BCUT2D eigenvalue weighted by Crippen LogP contribution is 2.02. The number of carbonyl (C=O) groups is 1. The van der Waals surface area contributed by atoms with Crippen LogP contribution >= 0.6 is 0 Å². The summed E-state index contributed by atoms with van der Waals surface area (Å²) in [6, 6.07) is 7.64. The van der Waals surface area contributed by atoms with Crippen molar-refractivity contribution in [2.75, 3.05) is 0 Å². The average molecular weight is 201 g/mol. The Hall–Kier alpha value is -1.75. The first-order valence-corrected chi connectivity index (χ1v) is 4.81. The molecule has 0 unspecified atom stereocenters. The Labute approximate surface area is 89.9 Å². The van der Waals surface area contributed by atoms with Crippen LogP contribution in [-0.2, 0) is 4.79 Å². The number of unbranched alkanes of at least 4 members (excludes halogenated alkanes) is 1. The lowest BCUT2D eigenvalue weighted by atomic mass is 10.1. The number of hydrogen-bond donors (Lipinski definition) is 1. The largest absolute Gasteiger partial charge is 0.481 e. The third kappa shape index (κ3) is 4.87. The first-order chi connectivity index (χ1) is 7.18. The van der Waals surface area contributed by atoms with Crippen LogP contribution in [0.2, 0.25) is 0 Å². The van der Waals surface area contributed by atoms with E-state index < -0.39 is 5.97 Å². The van der Waals surface area contributed by atoms with Crippen molar-refractivity contribution in [2.45, 2.75) is 19.3 Å². The van der Waals surface area contributed by atoms with E-state index in [2.05, 4.69) is 18.8 Å². The van der Waals surface area contributed by atoms with Crippen LogP contribution < -0.4 is 0 Å². The van der Waals surface area contributed by atoms with Gasteiger partial charge >= 0.3 is 5.97 Å². The van der Waals surface area contributed by atoms with E-state index in [0.717, 1.165) is 11.1 Å². The Bertz CT molecular complexity index is 396. The lowest BCUT2D eigenvalue weighted by molar-refractivity contribution is -0.137. The van der Waals surface area contributed by atoms with Crippen LogP contribution in [0.25, 0.3) is 0 Å². The number of rotatable bonds is 3. The molecule has 0 fully saturated rings. The minimum atomic E-state index is -0.767. The summed E-state index contributed by atoms with van der Waals surface area (Å²) < 4.78 is 0. The van der Waals surface area contributed by atoms with Crippen LogP contribution in [0.15, 0.2) is 24.3 Å². The van der Waals surface area contributed by atoms with Crippen LogP contribution in [0, 0.1) is 18.8 Å². The van der Waals surface area contributed by atoms with Gasteiger partial charge in [-0.3, -0.25) is 4.79 Å². The van der Waals surface area contributed by atoms with Crippen LogP contribution in [0.5, 0.6) is 0 Å². The van der Waals surface area contributed by atoms with E-state index >= 15 is 0 Å². The molecule has 0 bridgehead atoms. The highest BCUT2D eigenvalue weighted by atomic mass is 16.4. The minimum absolute atomic E-state index is 0.185. The normalized spacial score (nSPS) is 9.13. The third-order valence-electron chi connectivity index (χ3n) is 1.85. The van der Waals surface area contributed by atoms with Gasteiger partial charge < -0.3 is 5.11 Å². The van der Waals surface area contributed by atoms with Crippen LogP contribution in [0.4, 0.5) is 0 Å². The predicted molar refractivity (Wildman–Crippen MR) is 59.3 cm³/mol. The smallest absolute Gasteiger partial charge is 0.303 e. The Kier molecular flexibility index (Phi) is 4.43. The quantitative estimate of drug-likeness (QED) is 0.602. The molecule has 0 heterocycles. The van der Waals surface area contributed by atoms with Gasteiger partial charge in [-0.15, -0.1) is 0 Å². The zero-order chi connectivity index (χ0) is 11.1. The summed E-state index contributed by atoms with van der Waals surface area (Å²) in [7, 11) is 0. The maximum absolute atomic E-state index is 10.2. The van der Waals surface area contributed by atoms with Gasteiger partial charge in [0.2, 0.25) is 0 Å². The standard InChI is InChI=1S/C13H13O2/c1-11-6-5-8-12(10-11)7-3-2-4-9-13(14)15/h5-6,8,10H,1-2,4,9H2,(H,14,15). The van der Waals surface area contributed by atoms with Crippen molar-refractivity contribution in [1.29, 1.82) is 0 Å². The summed E-state index contributed by atoms with van der Waals surface area (Å²) in [4.78, 5) is 10.2. The molecular formula is C13H13O2. The second-order valence-electron chi connectivity index (χ2n) is 3.25. The lowest BCUT2D eigenvalue weighted by Crippen LogP contribution is -1.92. The van der Waals surface area contributed by atoms with E-state index in [1.54, 1.807) is 0 Å². The predicted octanol–water partition coefficient (Wildman–Crippen LogP) is 2.48. The highest BCUT2D eigenvalue weighted by Gasteiger charge is 1.93. The molecule has 0 aliphatic carbocycles. The van der Waals surface area contributed by atoms with E-state index in [1.807, 2.05) is 24.3 Å². The molecule has 2 heteroatoms. The van der Waals surface area contributed by atoms with Crippen molar-refractivity contribution >= 4 is 5.97 Å². The van der Waals surface area contributed by atoms with Gasteiger partial charge in [-0.05, 0) is 31.0 Å². The van der Waals surface area contributed by atoms with Crippen molar-refractivity contribution in [1.82, 2.24) is 0 Å². The van der Waals surface area contributed by atoms with Gasteiger partial charge in [-0.25, -0.2) is 0 Å². The molecule has 0 atom stereocenters. The molecule has 1 rings (SSSR count). The summed E-state index contributed by atoms with van der Waals surface area (Å²) in [5, 5.41) is 8.41. The Morgan fingerprint density at radius 1 is 1.47 bits per heavy atom. The zero-order valence-corrected chi connectivity index (χ0v) is 8.49. The molecule has 0 aliphatic rings. The molecule has 77 valence electrons. The van der Waals surface area contributed by atoms with Gasteiger partial charge in [-0.2, -0.15) is 0 Å². The number of carboxylic acids is 1. The summed E-state index contributed by atoms with van der Waals surface area (Å²) in [6.45, 7) is 3.80. The number of aliphatic carboxylic acids is 1. The molecule has 0 aliphatic heterocycles. The summed E-state index contributed by atoms with van der Waals surface area (Å²) in [5.74, 6) is 5.15. The lowest BCUT2D eigenvalue weighted by Gasteiger charge is -1.92. The summed E-state index contributed by atoms with van der Waals surface area (Å²) in [6.07, 6.45) is 1.41. The molecule has 1 radical (unpaired) electrons. The topological polar surface area (TPSA) is 37.3 Å². The molecule has 1 N–H and O–H groups in total. The Morgan fingerprint density at radius 2 is 2.27 bits per heavy atom. The minimum Gasteiger partial charge on any atom is -0.481 e. The van der Waals surface area contributed by atoms with E-state index in [-0.39, 0.29) is 6.42 Å². The monoisotopic (exact) mass is 201 g/mol. The van der Waals surface area contributed by atoms with Gasteiger partial charge in [0.05, 0.1) is 0 Å². The fourth-order valence-corrected chi connectivity index (χ4v) is 1.14. The maximum Gasteiger partial charge on any atom is 0.303 e.